The number of rotatable bonds is 3. The minimum Gasteiger partial charge on any atom is -0.456 e. The molecule has 0 spiro atoms. The smallest absolute Gasteiger partial charge is 0.334 e. The van der Waals surface area contributed by atoms with Crippen molar-refractivity contribution in [3.63, 3.8) is 0 Å². The maximum Gasteiger partial charge on any atom is 0.334 e. The second-order valence-electron chi connectivity index (χ2n) is 6.39. The number of hydrogen-bond donors (Lipinski definition) is 0. The van der Waals surface area contributed by atoms with Crippen molar-refractivity contribution in [1.82, 2.24) is 0 Å². The van der Waals surface area contributed by atoms with E-state index in [-0.39, 0.29) is 11.4 Å². The molecule has 0 bridgehead atoms. The summed E-state index contributed by atoms with van der Waals surface area (Å²) >= 11 is 0. The van der Waals surface area contributed by atoms with E-state index >= 15 is 0 Å². The van der Waals surface area contributed by atoms with E-state index in [1.807, 2.05) is 50.3 Å². The quantitative estimate of drug-likeness (QED) is 0.592. The molecule has 0 saturated carbocycles. The molecule has 0 aliphatic heterocycles. The van der Waals surface area contributed by atoms with Gasteiger partial charge in [0.1, 0.15) is 5.60 Å². The summed E-state index contributed by atoms with van der Waals surface area (Å²) in [6, 6.07) is 9.78. The molecule has 0 atom stereocenters. The van der Waals surface area contributed by atoms with Crippen LogP contribution < -0.4 is 0 Å². The minimum atomic E-state index is -0.504. The van der Waals surface area contributed by atoms with E-state index in [9.17, 15) is 4.79 Å². The monoisotopic (exact) mass is 260 g/mol. The Bertz CT molecular complexity index is 462. The van der Waals surface area contributed by atoms with Crippen LogP contribution in [-0.2, 0) is 9.53 Å². The third-order valence-corrected chi connectivity index (χ3v) is 3.66. The highest BCUT2D eigenvalue weighted by atomic mass is 16.6. The van der Waals surface area contributed by atoms with Gasteiger partial charge in [-0.15, -0.1) is 0 Å². The van der Waals surface area contributed by atoms with Gasteiger partial charge in [0.2, 0.25) is 0 Å². The van der Waals surface area contributed by atoms with Gasteiger partial charge in [-0.1, -0.05) is 51.1 Å². The van der Waals surface area contributed by atoms with Crippen LogP contribution in [0.15, 0.2) is 35.9 Å². The average Bonchev–Trinajstić information content (AvgIpc) is 2.28. The lowest BCUT2D eigenvalue weighted by Crippen LogP contribution is -2.41. The summed E-state index contributed by atoms with van der Waals surface area (Å²) in [5, 5.41) is 0. The second-order valence-corrected chi connectivity index (χ2v) is 6.39. The molecule has 0 unspecified atom stereocenters. The summed E-state index contributed by atoms with van der Waals surface area (Å²) in [5.41, 5.74) is 1.01. The highest BCUT2D eigenvalue weighted by molar-refractivity contribution is 5.93. The van der Waals surface area contributed by atoms with E-state index in [0.29, 0.717) is 5.57 Å². The maximum atomic E-state index is 12.1. The number of hydrogen-bond acceptors (Lipinski definition) is 2. The Morgan fingerprint density at radius 2 is 1.58 bits per heavy atom. The number of benzene rings is 1. The van der Waals surface area contributed by atoms with Crippen LogP contribution in [0.1, 0.15) is 47.1 Å². The van der Waals surface area contributed by atoms with Crippen molar-refractivity contribution in [1.29, 1.82) is 0 Å². The van der Waals surface area contributed by atoms with Crippen molar-refractivity contribution in [2.45, 2.75) is 47.1 Å². The Balaban J connectivity index is 2.82. The van der Waals surface area contributed by atoms with Gasteiger partial charge in [-0.3, -0.25) is 0 Å². The van der Waals surface area contributed by atoms with Crippen LogP contribution in [0.25, 0.3) is 6.08 Å². The van der Waals surface area contributed by atoms with Gasteiger partial charge in [0.05, 0.1) is 0 Å². The maximum absolute atomic E-state index is 12.1. The topological polar surface area (TPSA) is 26.3 Å². The lowest BCUT2D eigenvalue weighted by atomic mass is 9.79. The van der Waals surface area contributed by atoms with Gasteiger partial charge in [-0.2, -0.15) is 0 Å². The second kappa shape index (κ2) is 5.60. The fourth-order valence-corrected chi connectivity index (χ4v) is 1.32. The molecule has 1 aromatic rings. The molecular formula is C17H24O2. The van der Waals surface area contributed by atoms with Crippen molar-refractivity contribution in [3.05, 3.63) is 41.5 Å². The Labute approximate surface area is 116 Å². The number of carbonyl (C=O) groups excluding carboxylic acids is 1. The summed E-state index contributed by atoms with van der Waals surface area (Å²) in [6.07, 6.45) is 1.85. The first-order valence-corrected chi connectivity index (χ1v) is 6.60. The average molecular weight is 260 g/mol. The summed E-state index contributed by atoms with van der Waals surface area (Å²) in [6.45, 7) is 11.9. The first kappa shape index (κ1) is 15.5. The van der Waals surface area contributed by atoms with E-state index in [1.165, 1.54) is 0 Å². The summed E-state index contributed by atoms with van der Waals surface area (Å²) in [4.78, 5) is 12.1. The van der Waals surface area contributed by atoms with Crippen LogP contribution in [0.5, 0.6) is 0 Å². The van der Waals surface area contributed by atoms with Gasteiger partial charge in [-0.05, 0) is 32.4 Å². The normalized spacial score (nSPS) is 13.3. The standard InChI is InChI=1S/C17H24O2/c1-13(12-14-10-8-7-9-11-14)15(18)19-17(5,6)16(2,3)4/h7-12H,1-6H3/b13-12+. The predicted octanol–water partition coefficient (Wildman–Crippen LogP) is 4.46. The molecular weight excluding hydrogens is 236 g/mol. The van der Waals surface area contributed by atoms with Crippen molar-refractivity contribution in [2.75, 3.05) is 0 Å². The first-order valence-electron chi connectivity index (χ1n) is 6.60. The summed E-state index contributed by atoms with van der Waals surface area (Å²) in [7, 11) is 0. The highest BCUT2D eigenvalue weighted by Crippen LogP contribution is 2.33. The summed E-state index contributed by atoms with van der Waals surface area (Å²) in [5.74, 6) is -0.260. The van der Waals surface area contributed by atoms with Crippen molar-refractivity contribution >= 4 is 12.0 Å². The molecule has 0 radical (unpaired) electrons. The molecule has 0 aliphatic rings. The fraction of sp³-hybridized carbons (Fsp3) is 0.471. The fourth-order valence-electron chi connectivity index (χ4n) is 1.32. The zero-order chi connectivity index (χ0) is 14.7. The molecule has 0 amide bonds. The third-order valence-electron chi connectivity index (χ3n) is 3.66. The first-order chi connectivity index (χ1) is 8.63. The van der Waals surface area contributed by atoms with E-state index in [0.717, 1.165) is 5.56 Å². The Morgan fingerprint density at radius 3 is 2.05 bits per heavy atom. The Morgan fingerprint density at radius 1 is 1.05 bits per heavy atom. The number of ether oxygens (including phenoxy) is 1. The molecule has 0 heterocycles. The molecule has 104 valence electrons. The van der Waals surface area contributed by atoms with Gasteiger partial charge < -0.3 is 4.74 Å². The molecule has 0 N–H and O–H groups in total. The van der Waals surface area contributed by atoms with Crippen LogP contribution in [0.2, 0.25) is 0 Å². The van der Waals surface area contributed by atoms with Crippen LogP contribution in [0, 0.1) is 5.41 Å². The molecule has 19 heavy (non-hydrogen) atoms. The molecule has 0 aliphatic carbocycles. The van der Waals surface area contributed by atoms with Crippen LogP contribution in [-0.4, -0.2) is 11.6 Å². The molecule has 0 saturated heterocycles. The van der Waals surface area contributed by atoms with E-state index < -0.39 is 5.60 Å². The van der Waals surface area contributed by atoms with E-state index in [1.54, 1.807) is 6.92 Å². The number of carbonyl (C=O) groups is 1. The molecule has 1 rings (SSSR count). The molecule has 0 aromatic heterocycles. The minimum absolute atomic E-state index is 0.102. The lowest BCUT2D eigenvalue weighted by molar-refractivity contribution is -0.162. The van der Waals surface area contributed by atoms with Gasteiger partial charge in [0.15, 0.2) is 0 Å². The summed E-state index contributed by atoms with van der Waals surface area (Å²) < 4.78 is 5.63. The van der Waals surface area contributed by atoms with Crippen molar-refractivity contribution < 1.29 is 9.53 Å². The zero-order valence-electron chi connectivity index (χ0n) is 12.8. The van der Waals surface area contributed by atoms with Crippen molar-refractivity contribution in [2.24, 2.45) is 5.41 Å². The molecule has 2 heteroatoms. The number of esters is 1. The van der Waals surface area contributed by atoms with Crippen LogP contribution >= 0.6 is 0 Å². The highest BCUT2D eigenvalue weighted by Gasteiger charge is 2.36. The SMILES string of the molecule is C/C(=C\c1ccccc1)C(=O)OC(C)(C)C(C)(C)C. The zero-order valence-corrected chi connectivity index (χ0v) is 12.8. The molecule has 2 nitrogen and oxygen atoms in total. The third kappa shape index (κ3) is 4.23. The van der Waals surface area contributed by atoms with Crippen LogP contribution in [0.3, 0.4) is 0 Å². The van der Waals surface area contributed by atoms with Gasteiger partial charge in [0.25, 0.3) is 0 Å². The molecule has 0 fully saturated rings. The van der Waals surface area contributed by atoms with Gasteiger partial charge in [-0.25, -0.2) is 4.79 Å². The van der Waals surface area contributed by atoms with E-state index in [4.69, 9.17) is 4.74 Å². The van der Waals surface area contributed by atoms with Crippen molar-refractivity contribution in [3.8, 4) is 0 Å². The van der Waals surface area contributed by atoms with Crippen LogP contribution in [0.4, 0.5) is 0 Å². The van der Waals surface area contributed by atoms with E-state index in [2.05, 4.69) is 20.8 Å². The Kier molecular flexibility index (Phi) is 4.56. The molecule has 1 aromatic carbocycles. The lowest BCUT2D eigenvalue weighted by Gasteiger charge is -2.38. The largest absolute Gasteiger partial charge is 0.456 e. The van der Waals surface area contributed by atoms with Gasteiger partial charge in [0, 0.05) is 11.0 Å². The predicted molar refractivity (Wildman–Crippen MR) is 79.7 cm³/mol. The van der Waals surface area contributed by atoms with Gasteiger partial charge >= 0.3 is 5.97 Å². The Hall–Kier alpha value is -1.57.